The zero-order valence-electron chi connectivity index (χ0n) is 17.0. The predicted molar refractivity (Wildman–Crippen MR) is 109 cm³/mol. The third kappa shape index (κ3) is 4.90. The van der Waals surface area contributed by atoms with E-state index in [0.29, 0.717) is 30.4 Å². The van der Waals surface area contributed by atoms with Gasteiger partial charge in [-0.25, -0.2) is 5.06 Å². The van der Waals surface area contributed by atoms with Gasteiger partial charge in [0.05, 0.1) is 22.8 Å². The highest BCUT2D eigenvalue weighted by molar-refractivity contribution is 6.21. The molecule has 2 aromatic rings. The summed E-state index contributed by atoms with van der Waals surface area (Å²) in [5, 5.41) is 1.31. The second kappa shape index (κ2) is 8.57. The smallest absolute Gasteiger partial charge is 0.261 e. The zero-order valence-corrected chi connectivity index (χ0v) is 17.0. The maximum absolute atomic E-state index is 12.6. The van der Waals surface area contributed by atoms with E-state index >= 15 is 0 Å². The van der Waals surface area contributed by atoms with Crippen LogP contribution < -0.4 is 0 Å². The van der Waals surface area contributed by atoms with Crippen molar-refractivity contribution < 1.29 is 19.2 Å². The second-order valence-electron chi connectivity index (χ2n) is 8.11. The van der Waals surface area contributed by atoms with E-state index in [2.05, 4.69) is 0 Å². The van der Waals surface area contributed by atoms with Gasteiger partial charge in [0.2, 0.25) is 6.41 Å². The summed E-state index contributed by atoms with van der Waals surface area (Å²) in [6.07, 6.45) is 1.63. The van der Waals surface area contributed by atoms with E-state index in [1.165, 1.54) is 9.96 Å². The lowest BCUT2D eigenvalue weighted by atomic mass is 10.0. The van der Waals surface area contributed by atoms with Crippen molar-refractivity contribution in [2.75, 3.05) is 6.54 Å². The van der Waals surface area contributed by atoms with Crippen LogP contribution in [0.4, 0.5) is 0 Å². The van der Waals surface area contributed by atoms with Crippen LogP contribution >= 0.6 is 0 Å². The van der Waals surface area contributed by atoms with E-state index in [1.54, 1.807) is 24.3 Å². The normalized spacial score (nSPS) is 14.7. The SMILES string of the molecule is CC(C)(C)ON(C=O)C(CCN1C(=O)c2ccccc2C1=O)Cc1ccccc1. The fraction of sp³-hybridized carbons (Fsp3) is 0.348. The molecular formula is C23H26N2O4. The molecule has 1 atom stereocenters. The number of hydroxylamine groups is 2. The molecule has 0 aliphatic carbocycles. The Balaban J connectivity index is 1.77. The van der Waals surface area contributed by atoms with Crippen LogP contribution in [-0.2, 0) is 16.1 Å². The van der Waals surface area contributed by atoms with Crippen molar-refractivity contribution in [3.05, 3.63) is 71.3 Å². The second-order valence-corrected chi connectivity index (χ2v) is 8.11. The third-order valence-corrected chi connectivity index (χ3v) is 4.72. The van der Waals surface area contributed by atoms with Crippen molar-refractivity contribution in [1.82, 2.24) is 9.96 Å². The number of rotatable bonds is 8. The van der Waals surface area contributed by atoms with Gasteiger partial charge in [0.25, 0.3) is 11.8 Å². The minimum absolute atomic E-state index is 0.210. The topological polar surface area (TPSA) is 66.9 Å². The zero-order chi connectivity index (χ0) is 21.0. The van der Waals surface area contributed by atoms with E-state index in [0.717, 1.165) is 5.56 Å². The Kier molecular flexibility index (Phi) is 6.13. The molecule has 1 heterocycles. The van der Waals surface area contributed by atoms with Gasteiger partial charge in [-0.3, -0.25) is 24.1 Å². The lowest BCUT2D eigenvalue weighted by molar-refractivity contribution is -0.233. The summed E-state index contributed by atoms with van der Waals surface area (Å²) in [6.45, 7) is 5.81. The first-order valence-electron chi connectivity index (χ1n) is 9.72. The van der Waals surface area contributed by atoms with Gasteiger partial charge in [-0.2, -0.15) is 0 Å². The van der Waals surface area contributed by atoms with E-state index in [1.807, 2.05) is 51.1 Å². The molecule has 0 saturated carbocycles. The molecule has 1 aliphatic rings. The van der Waals surface area contributed by atoms with E-state index in [9.17, 15) is 14.4 Å². The van der Waals surface area contributed by atoms with Crippen LogP contribution in [0.25, 0.3) is 0 Å². The molecule has 1 aliphatic heterocycles. The van der Waals surface area contributed by atoms with Crippen molar-refractivity contribution in [3.63, 3.8) is 0 Å². The van der Waals surface area contributed by atoms with Gasteiger partial charge in [0.1, 0.15) is 0 Å². The third-order valence-electron chi connectivity index (χ3n) is 4.72. The average molecular weight is 394 g/mol. The Morgan fingerprint density at radius 2 is 1.52 bits per heavy atom. The number of fused-ring (bicyclic) bond motifs is 1. The van der Waals surface area contributed by atoms with Gasteiger partial charge in [0.15, 0.2) is 0 Å². The van der Waals surface area contributed by atoms with Crippen molar-refractivity contribution in [1.29, 1.82) is 0 Å². The molecule has 6 nitrogen and oxygen atoms in total. The Morgan fingerprint density at radius 1 is 0.966 bits per heavy atom. The largest absolute Gasteiger partial charge is 0.276 e. The molecule has 6 heteroatoms. The number of carbonyl (C=O) groups excluding carboxylic acids is 3. The molecule has 0 saturated heterocycles. The maximum atomic E-state index is 12.6. The van der Waals surface area contributed by atoms with Gasteiger partial charge >= 0.3 is 0 Å². The van der Waals surface area contributed by atoms with Gasteiger partial charge in [0, 0.05) is 6.54 Å². The number of benzene rings is 2. The van der Waals surface area contributed by atoms with Gasteiger partial charge in [-0.05, 0) is 51.3 Å². The van der Waals surface area contributed by atoms with Crippen LogP contribution in [0.5, 0.6) is 0 Å². The predicted octanol–water partition coefficient (Wildman–Crippen LogP) is 3.47. The molecule has 0 aromatic heterocycles. The minimum Gasteiger partial charge on any atom is -0.276 e. The molecule has 3 rings (SSSR count). The number of hydrogen-bond acceptors (Lipinski definition) is 4. The van der Waals surface area contributed by atoms with Crippen LogP contribution in [0.15, 0.2) is 54.6 Å². The van der Waals surface area contributed by atoms with Crippen LogP contribution in [0.3, 0.4) is 0 Å². The highest BCUT2D eigenvalue weighted by Gasteiger charge is 2.36. The molecule has 3 amide bonds. The van der Waals surface area contributed by atoms with Crippen LogP contribution in [0.2, 0.25) is 0 Å². The Bertz CT molecular complexity index is 854. The first-order chi connectivity index (χ1) is 13.8. The summed E-state index contributed by atoms with van der Waals surface area (Å²) >= 11 is 0. The van der Waals surface area contributed by atoms with Gasteiger partial charge in [-0.15, -0.1) is 0 Å². The molecule has 0 spiro atoms. The fourth-order valence-electron chi connectivity index (χ4n) is 3.42. The van der Waals surface area contributed by atoms with E-state index in [-0.39, 0.29) is 24.4 Å². The first-order valence-corrected chi connectivity index (χ1v) is 9.72. The molecule has 2 aromatic carbocycles. The number of imide groups is 1. The quantitative estimate of drug-likeness (QED) is 0.391. The standard InChI is InChI=1S/C23H26N2O4/c1-23(2,3)29-25(16-26)18(15-17-9-5-4-6-10-17)13-14-24-21(27)19-11-7-8-12-20(19)22(24)28/h4-12,16,18H,13-15H2,1-3H3. The Labute approximate surface area is 171 Å². The monoisotopic (exact) mass is 394 g/mol. The lowest BCUT2D eigenvalue weighted by Crippen LogP contribution is -2.43. The van der Waals surface area contributed by atoms with Crippen LogP contribution in [0.1, 0.15) is 53.5 Å². The highest BCUT2D eigenvalue weighted by Crippen LogP contribution is 2.24. The number of carbonyl (C=O) groups is 3. The van der Waals surface area contributed by atoms with Gasteiger partial charge in [-0.1, -0.05) is 42.5 Å². The summed E-state index contributed by atoms with van der Waals surface area (Å²) in [5.74, 6) is -0.586. The molecule has 0 bridgehead atoms. The summed E-state index contributed by atoms with van der Waals surface area (Å²) in [7, 11) is 0. The molecule has 1 unspecified atom stereocenters. The fourth-order valence-corrected chi connectivity index (χ4v) is 3.42. The number of hydrogen-bond donors (Lipinski definition) is 0. The summed E-state index contributed by atoms with van der Waals surface area (Å²) in [4.78, 5) is 44.1. The summed E-state index contributed by atoms with van der Waals surface area (Å²) in [5.41, 5.74) is 1.35. The highest BCUT2D eigenvalue weighted by atomic mass is 16.7. The molecular weight excluding hydrogens is 368 g/mol. The maximum Gasteiger partial charge on any atom is 0.261 e. The molecule has 0 radical (unpaired) electrons. The van der Waals surface area contributed by atoms with Gasteiger partial charge < -0.3 is 0 Å². The van der Waals surface area contributed by atoms with Crippen molar-refractivity contribution >= 4 is 18.2 Å². The van der Waals surface area contributed by atoms with E-state index in [4.69, 9.17) is 4.84 Å². The van der Waals surface area contributed by atoms with Crippen molar-refractivity contribution in [3.8, 4) is 0 Å². The lowest BCUT2D eigenvalue weighted by Gasteiger charge is -2.33. The molecule has 0 N–H and O–H groups in total. The Hall–Kier alpha value is -2.99. The Morgan fingerprint density at radius 3 is 2.03 bits per heavy atom. The van der Waals surface area contributed by atoms with Crippen molar-refractivity contribution in [2.24, 2.45) is 0 Å². The number of amides is 3. The van der Waals surface area contributed by atoms with Crippen LogP contribution in [-0.4, -0.2) is 46.4 Å². The molecule has 152 valence electrons. The summed E-state index contributed by atoms with van der Waals surface area (Å²) < 4.78 is 0. The number of nitrogens with zero attached hydrogens (tertiary/aromatic N) is 2. The van der Waals surface area contributed by atoms with E-state index < -0.39 is 5.60 Å². The first kappa shape index (κ1) is 20.7. The average Bonchev–Trinajstić information content (AvgIpc) is 2.94. The summed E-state index contributed by atoms with van der Waals surface area (Å²) in [6, 6.07) is 16.3. The molecule has 29 heavy (non-hydrogen) atoms. The van der Waals surface area contributed by atoms with Crippen LogP contribution in [0, 0.1) is 0 Å². The molecule has 0 fully saturated rings. The minimum atomic E-state index is -0.550. The van der Waals surface area contributed by atoms with Crippen molar-refractivity contribution in [2.45, 2.75) is 45.3 Å².